The molecule has 1 unspecified atom stereocenters. The number of primary sulfonamides is 1. The first-order valence-electron chi connectivity index (χ1n) is 6.54. The van der Waals surface area contributed by atoms with Crippen molar-refractivity contribution >= 4 is 15.7 Å². The topological polar surface area (TPSA) is 75.4 Å². The first kappa shape index (κ1) is 14.3. The Morgan fingerprint density at radius 2 is 2.21 bits per heavy atom. The van der Waals surface area contributed by atoms with E-state index < -0.39 is 10.0 Å². The molecule has 0 spiro atoms. The zero-order valence-corrected chi connectivity index (χ0v) is 12.0. The molecule has 0 bridgehead atoms. The van der Waals surface area contributed by atoms with E-state index in [1.165, 1.54) is 25.3 Å². The molecule has 1 aliphatic heterocycles. The van der Waals surface area contributed by atoms with Crippen LogP contribution in [0.2, 0.25) is 0 Å². The zero-order valence-electron chi connectivity index (χ0n) is 11.2. The lowest BCUT2D eigenvalue weighted by Crippen LogP contribution is -2.40. The molecule has 19 heavy (non-hydrogen) atoms. The summed E-state index contributed by atoms with van der Waals surface area (Å²) in [7, 11) is -1.50. The van der Waals surface area contributed by atoms with Gasteiger partial charge in [0.2, 0.25) is 10.0 Å². The number of nitrogens with zero attached hydrogens (tertiary/aromatic N) is 1. The van der Waals surface area contributed by atoms with Gasteiger partial charge >= 0.3 is 0 Å². The van der Waals surface area contributed by atoms with Gasteiger partial charge in [0, 0.05) is 18.3 Å². The van der Waals surface area contributed by atoms with Crippen LogP contribution < -0.4 is 10.5 Å². The van der Waals surface area contributed by atoms with E-state index in [-0.39, 0.29) is 4.90 Å². The van der Waals surface area contributed by atoms with Crippen LogP contribution in [-0.4, -0.2) is 39.5 Å². The molecule has 1 aromatic rings. The lowest BCUT2D eigenvalue weighted by Gasteiger charge is -2.32. The summed E-state index contributed by atoms with van der Waals surface area (Å²) in [4.78, 5) is 2.49. The lowest BCUT2D eigenvalue weighted by atomic mass is 10.0. The Balaban J connectivity index is 2.00. The van der Waals surface area contributed by atoms with Crippen molar-refractivity contribution in [3.8, 4) is 0 Å². The van der Waals surface area contributed by atoms with Gasteiger partial charge in [0.15, 0.2) is 0 Å². The van der Waals surface area contributed by atoms with Gasteiger partial charge in [-0.05, 0) is 44.6 Å². The molecular formula is C13H21N3O2S. The van der Waals surface area contributed by atoms with Gasteiger partial charge in [0.05, 0.1) is 4.90 Å². The molecule has 106 valence electrons. The van der Waals surface area contributed by atoms with Crippen LogP contribution >= 0.6 is 0 Å². The summed E-state index contributed by atoms with van der Waals surface area (Å²) in [6, 6.07) is 7.15. The monoisotopic (exact) mass is 283 g/mol. The average Bonchev–Trinajstić information content (AvgIpc) is 2.37. The van der Waals surface area contributed by atoms with E-state index in [2.05, 4.69) is 17.3 Å². The molecule has 1 fully saturated rings. The van der Waals surface area contributed by atoms with Crippen molar-refractivity contribution in [3.05, 3.63) is 24.3 Å². The van der Waals surface area contributed by atoms with Crippen molar-refractivity contribution in [2.45, 2.75) is 30.2 Å². The highest BCUT2D eigenvalue weighted by Crippen LogP contribution is 2.18. The van der Waals surface area contributed by atoms with Crippen LogP contribution in [0.15, 0.2) is 29.2 Å². The molecule has 0 aromatic heterocycles. The number of rotatable bonds is 4. The highest BCUT2D eigenvalue weighted by Gasteiger charge is 2.18. The van der Waals surface area contributed by atoms with Crippen LogP contribution in [0.25, 0.3) is 0 Å². The number of nitrogens with two attached hydrogens (primary N) is 1. The minimum absolute atomic E-state index is 0.148. The van der Waals surface area contributed by atoms with Crippen LogP contribution in [0.4, 0.5) is 5.69 Å². The van der Waals surface area contributed by atoms with Crippen LogP contribution in [-0.2, 0) is 10.0 Å². The van der Waals surface area contributed by atoms with Gasteiger partial charge in [0.1, 0.15) is 0 Å². The fraction of sp³-hybridized carbons (Fsp3) is 0.538. The predicted molar refractivity (Wildman–Crippen MR) is 76.6 cm³/mol. The molecule has 6 heteroatoms. The number of piperidine rings is 1. The summed E-state index contributed by atoms with van der Waals surface area (Å²) in [5, 5.41) is 8.42. The number of benzene rings is 1. The van der Waals surface area contributed by atoms with Crippen molar-refractivity contribution in [2.75, 3.05) is 25.5 Å². The van der Waals surface area contributed by atoms with Crippen LogP contribution in [0.5, 0.6) is 0 Å². The molecule has 3 N–H and O–H groups in total. The van der Waals surface area contributed by atoms with Crippen molar-refractivity contribution in [3.63, 3.8) is 0 Å². The van der Waals surface area contributed by atoms with E-state index in [0.29, 0.717) is 6.04 Å². The Morgan fingerprint density at radius 1 is 1.42 bits per heavy atom. The van der Waals surface area contributed by atoms with Gasteiger partial charge in [-0.15, -0.1) is 0 Å². The number of nitrogens with one attached hydrogen (secondary N) is 1. The zero-order chi connectivity index (χ0) is 13.9. The minimum atomic E-state index is -3.63. The van der Waals surface area contributed by atoms with Gasteiger partial charge < -0.3 is 10.2 Å². The summed E-state index contributed by atoms with van der Waals surface area (Å²) in [5.74, 6) is 0. The Bertz CT molecular complexity index is 530. The first-order valence-corrected chi connectivity index (χ1v) is 8.08. The number of likely N-dealkylation sites (tertiary alicyclic amines) is 1. The maximum Gasteiger partial charge on any atom is 0.238 e. The average molecular weight is 283 g/mol. The number of sulfonamides is 1. The normalized spacial score (nSPS) is 21.3. The molecule has 0 saturated carbocycles. The second-order valence-electron chi connectivity index (χ2n) is 5.08. The Kier molecular flexibility index (Phi) is 4.44. The Morgan fingerprint density at radius 3 is 2.89 bits per heavy atom. The van der Waals surface area contributed by atoms with Crippen molar-refractivity contribution in [2.24, 2.45) is 5.14 Å². The van der Waals surface area contributed by atoms with Gasteiger partial charge in [-0.2, -0.15) is 0 Å². The van der Waals surface area contributed by atoms with E-state index in [0.717, 1.165) is 18.8 Å². The Labute approximate surface area is 114 Å². The highest BCUT2D eigenvalue weighted by molar-refractivity contribution is 7.89. The Hall–Kier alpha value is -1.11. The van der Waals surface area contributed by atoms with Crippen molar-refractivity contribution in [1.29, 1.82) is 0 Å². The number of hydrogen-bond donors (Lipinski definition) is 2. The van der Waals surface area contributed by atoms with Gasteiger partial charge in [-0.3, -0.25) is 0 Å². The summed E-state index contributed by atoms with van der Waals surface area (Å²) in [5.41, 5.74) is 0.797. The molecule has 5 nitrogen and oxygen atoms in total. The molecule has 0 aliphatic carbocycles. The van der Waals surface area contributed by atoms with E-state index in [9.17, 15) is 8.42 Å². The third-order valence-corrected chi connectivity index (χ3v) is 4.54. The summed E-state index contributed by atoms with van der Waals surface area (Å²) in [6.45, 7) is 1.95. The second kappa shape index (κ2) is 5.90. The van der Waals surface area contributed by atoms with Crippen LogP contribution in [0.1, 0.15) is 19.3 Å². The highest BCUT2D eigenvalue weighted by atomic mass is 32.2. The van der Waals surface area contributed by atoms with E-state index in [1.807, 2.05) is 6.07 Å². The number of hydrogen-bond acceptors (Lipinski definition) is 4. The van der Waals surface area contributed by atoms with Crippen LogP contribution in [0, 0.1) is 0 Å². The fourth-order valence-corrected chi connectivity index (χ4v) is 2.98. The molecule has 1 atom stereocenters. The van der Waals surface area contributed by atoms with Crippen molar-refractivity contribution in [1.82, 2.24) is 4.90 Å². The molecule has 1 heterocycles. The largest absolute Gasteiger partial charge is 0.383 e. The van der Waals surface area contributed by atoms with Gasteiger partial charge in [-0.25, -0.2) is 13.6 Å². The molecular weight excluding hydrogens is 262 g/mol. The SMILES string of the molecule is CN1CCCCC1CNc1cccc(S(N)(=O)=O)c1. The third-order valence-electron chi connectivity index (χ3n) is 3.63. The minimum Gasteiger partial charge on any atom is -0.383 e. The summed E-state index contributed by atoms with van der Waals surface area (Å²) >= 11 is 0. The van der Waals surface area contributed by atoms with E-state index in [1.54, 1.807) is 12.1 Å². The molecule has 1 aromatic carbocycles. The van der Waals surface area contributed by atoms with E-state index >= 15 is 0 Å². The predicted octanol–water partition coefficient (Wildman–Crippen LogP) is 1.23. The van der Waals surface area contributed by atoms with E-state index in [4.69, 9.17) is 5.14 Å². The third kappa shape index (κ3) is 3.92. The maximum absolute atomic E-state index is 11.3. The smallest absolute Gasteiger partial charge is 0.238 e. The quantitative estimate of drug-likeness (QED) is 0.871. The summed E-state index contributed by atoms with van der Waals surface area (Å²) in [6.07, 6.45) is 3.69. The molecule has 0 amide bonds. The standard InChI is InChI=1S/C13H21N3O2S/c1-16-8-3-2-6-12(16)10-15-11-5-4-7-13(9-11)19(14,17)18/h4-5,7,9,12,15H,2-3,6,8,10H2,1H3,(H2,14,17,18). The van der Waals surface area contributed by atoms with Crippen molar-refractivity contribution < 1.29 is 8.42 Å². The molecule has 0 radical (unpaired) electrons. The number of likely N-dealkylation sites (N-methyl/N-ethyl adjacent to an activating group) is 1. The van der Waals surface area contributed by atoms with Gasteiger partial charge in [-0.1, -0.05) is 12.5 Å². The van der Waals surface area contributed by atoms with Crippen LogP contribution in [0.3, 0.4) is 0 Å². The fourth-order valence-electron chi connectivity index (χ4n) is 2.42. The number of anilines is 1. The second-order valence-corrected chi connectivity index (χ2v) is 6.65. The lowest BCUT2D eigenvalue weighted by molar-refractivity contribution is 0.194. The maximum atomic E-state index is 11.3. The molecule has 1 saturated heterocycles. The van der Waals surface area contributed by atoms with Gasteiger partial charge in [0.25, 0.3) is 0 Å². The molecule has 2 rings (SSSR count). The summed E-state index contributed by atoms with van der Waals surface area (Å²) < 4.78 is 22.6. The first-order chi connectivity index (χ1) is 8.97. The molecule has 1 aliphatic rings.